The number of rotatable bonds is 16. The van der Waals surface area contributed by atoms with Crippen LogP contribution in [0.15, 0.2) is 36.7 Å². The van der Waals surface area contributed by atoms with Gasteiger partial charge in [0.2, 0.25) is 0 Å². The third kappa shape index (κ3) is 9.02. The normalized spacial score (nSPS) is 11.7. The number of aromatic amines is 1. The molecule has 210 valence electrons. The number of anilines is 1. The monoisotopic (exact) mass is 567 g/mol. The molecule has 4 rings (SSSR count). The van der Waals surface area contributed by atoms with Crippen molar-refractivity contribution in [2.24, 2.45) is 0 Å². The Kier molecular flexibility index (Phi) is 10.2. The number of halogens is 3. The van der Waals surface area contributed by atoms with E-state index in [1.54, 1.807) is 18.5 Å². The highest BCUT2D eigenvalue weighted by Gasteiger charge is 2.31. The maximum Gasteiger partial charge on any atom is 0.573 e. The van der Waals surface area contributed by atoms with Gasteiger partial charge in [-0.1, -0.05) is 4.49 Å². The number of ether oxygens (including phenoxy) is 3. The fraction of sp³-hybridized carbons (Fsp3) is 0.417. The lowest BCUT2D eigenvalue weighted by atomic mass is 10.2. The van der Waals surface area contributed by atoms with Crippen molar-refractivity contribution in [2.45, 2.75) is 25.7 Å². The molecule has 4 aromatic rings. The predicted octanol–water partition coefficient (Wildman–Crippen LogP) is 3.74. The second-order valence-electron chi connectivity index (χ2n) is 8.32. The summed E-state index contributed by atoms with van der Waals surface area (Å²) in [5.74, 6) is 0.528. The molecule has 11 nitrogen and oxygen atoms in total. The quantitative estimate of drug-likeness (QED) is 0.148. The van der Waals surface area contributed by atoms with Gasteiger partial charge in [-0.15, -0.1) is 18.3 Å². The Labute approximate surface area is 225 Å². The van der Waals surface area contributed by atoms with E-state index in [-0.39, 0.29) is 24.7 Å². The first kappa shape index (κ1) is 28.5. The zero-order valence-corrected chi connectivity index (χ0v) is 21.6. The van der Waals surface area contributed by atoms with Crippen molar-refractivity contribution in [3.8, 4) is 22.1 Å². The van der Waals surface area contributed by atoms with E-state index >= 15 is 0 Å². The largest absolute Gasteiger partial charge is 0.573 e. The average molecular weight is 568 g/mol. The summed E-state index contributed by atoms with van der Waals surface area (Å²) < 4.78 is 56.7. The van der Waals surface area contributed by atoms with Gasteiger partial charge in [0.1, 0.15) is 23.9 Å². The number of nitrogens with one attached hydrogen (secondary N) is 3. The van der Waals surface area contributed by atoms with Gasteiger partial charge in [-0.3, -0.25) is 5.10 Å². The molecule has 0 unspecified atom stereocenters. The van der Waals surface area contributed by atoms with E-state index in [9.17, 15) is 13.2 Å². The first-order valence-corrected chi connectivity index (χ1v) is 13.0. The smallest absolute Gasteiger partial charge is 0.491 e. The Morgan fingerprint density at radius 3 is 2.67 bits per heavy atom. The second-order valence-corrected chi connectivity index (χ2v) is 9.11. The van der Waals surface area contributed by atoms with Gasteiger partial charge in [0.25, 0.3) is 0 Å². The minimum atomic E-state index is -4.80. The summed E-state index contributed by atoms with van der Waals surface area (Å²) in [7, 11) is 0. The number of H-pyrrole nitrogens is 1. The van der Waals surface area contributed by atoms with Crippen molar-refractivity contribution in [1.82, 2.24) is 30.1 Å². The number of hydrogen-bond acceptors (Lipinski definition) is 11. The highest BCUT2D eigenvalue weighted by Crippen LogP contribution is 2.29. The van der Waals surface area contributed by atoms with E-state index in [2.05, 4.69) is 40.1 Å². The Morgan fingerprint density at radius 2 is 1.87 bits per heavy atom. The molecule has 0 aliphatic rings. The van der Waals surface area contributed by atoms with Gasteiger partial charge < -0.3 is 30.0 Å². The van der Waals surface area contributed by atoms with Gasteiger partial charge in [-0.25, -0.2) is 4.98 Å². The van der Waals surface area contributed by atoms with Gasteiger partial charge in [-0.05, 0) is 54.7 Å². The number of aromatic nitrogens is 5. The average Bonchev–Trinajstić information content (AvgIpc) is 3.60. The summed E-state index contributed by atoms with van der Waals surface area (Å²) in [6, 6.07) is 5.96. The van der Waals surface area contributed by atoms with Crippen LogP contribution in [0.2, 0.25) is 0 Å². The number of fused-ring (bicyclic) bond motifs is 1. The molecule has 0 bridgehead atoms. The number of aliphatic hydroxyl groups excluding tert-OH is 1. The van der Waals surface area contributed by atoms with Crippen LogP contribution in [0.25, 0.3) is 21.5 Å². The Balaban J connectivity index is 1.14. The number of nitrogens with zero attached hydrogens (tertiary/aromatic N) is 4. The van der Waals surface area contributed by atoms with Crippen LogP contribution in [0.3, 0.4) is 0 Å². The first-order valence-electron chi connectivity index (χ1n) is 12.2. The number of aliphatic hydroxyl groups is 1. The van der Waals surface area contributed by atoms with Crippen LogP contribution in [0.5, 0.6) is 11.5 Å². The molecule has 0 aliphatic carbocycles. The van der Waals surface area contributed by atoms with Gasteiger partial charge in [0.15, 0.2) is 0 Å². The number of benzene rings is 1. The molecule has 0 fully saturated rings. The number of pyridine rings is 1. The molecule has 3 aromatic heterocycles. The van der Waals surface area contributed by atoms with E-state index in [1.165, 1.54) is 17.6 Å². The van der Waals surface area contributed by atoms with Crippen molar-refractivity contribution in [3.05, 3.63) is 42.2 Å². The summed E-state index contributed by atoms with van der Waals surface area (Å²) in [4.78, 5) is 5.52. The third-order valence-corrected chi connectivity index (χ3v) is 6.03. The molecule has 1 aromatic carbocycles. The molecule has 0 saturated heterocycles. The number of hydrogen-bond donors (Lipinski definition) is 4. The topological polar surface area (TPSA) is 139 Å². The highest BCUT2D eigenvalue weighted by atomic mass is 32.1. The van der Waals surface area contributed by atoms with Gasteiger partial charge in [-0.2, -0.15) is 5.10 Å². The van der Waals surface area contributed by atoms with Crippen LogP contribution in [0.4, 0.5) is 19.0 Å². The van der Waals surface area contributed by atoms with Crippen molar-refractivity contribution in [2.75, 3.05) is 44.8 Å². The van der Waals surface area contributed by atoms with Crippen LogP contribution < -0.4 is 20.1 Å². The molecule has 0 saturated carbocycles. The third-order valence-electron chi connectivity index (χ3n) is 5.34. The number of alkyl halides is 3. The zero-order valence-electron chi connectivity index (χ0n) is 20.8. The van der Waals surface area contributed by atoms with Crippen LogP contribution in [0.1, 0.15) is 18.4 Å². The number of unbranched alkanes of at least 4 members (excludes halogenated alkanes) is 1. The lowest BCUT2D eigenvalue weighted by Gasteiger charge is -2.13. The minimum absolute atomic E-state index is 0.0288. The SMILES string of the molecule is OCCOc1cc(CNCCCCOCCNc2nc(-c3cnns3)cc3[nH]ncc23)cc(OC(F)(F)F)c1. The molecule has 0 amide bonds. The van der Waals surface area contributed by atoms with E-state index in [4.69, 9.17) is 14.6 Å². The summed E-state index contributed by atoms with van der Waals surface area (Å²) in [6.07, 6.45) is 0.216. The lowest BCUT2D eigenvalue weighted by molar-refractivity contribution is -0.274. The maximum atomic E-state index is 12.6. The van der Waals surface area contributed by atoms with Crippen molar-refractivity contribution in [1.29, 1.82) is 0 Å². The van der Waals surface area contributed by atoms with Crippen LogP contribution in [-0.4, -0.2) is 75.8 Å². The Morgan fingerprint density at radius 1 is 1.00 bits per heavy atom. The Bertz CT molecular complexity index is 1300. The van der Waals surface area contributed by atoms with Crippen LogP contribution >= 0.6 is 11.5 Å². The van der Waals surface area contributed by atoms with E-state index < -0.39 is 6.36 Å². The molecular weight excluding hydrogens is 539 g/mol. The van der Waals surface area contributed by atoms with Crippen molar-refractivity contribution >= 4 is 28.3 Å². The first-order chi connectivity index (χ1) is 18.9. The summed E-state index contributed by atoms with van der Waals surface area (Å²) in [5, 5.41) is 27.2. The fourth-order valence-corrected chi connectivity index (χ4v) is 4.16. The molecule has 39 heavy (non-hydrogen) atoms. The van der Waals surface area contributed by atoms with Gasteiger partial charge >= 0.3 is 6.36 Å². The summed E-state index contributed by atoms with van der Waals surface area (Å²) >= 11 is 1.27. The van der Waals surface area contributed by atoms with Gasteiger partial charge in [0.05, 0.1) is 47.1 Å². The lowest BCUT2D eigenvalue weighted by Crippen LogP contribution is -2.18. The molecule has 0 radical (unpaired) electrons. The minimum Gasteiger partial charge on any atom is -0.491 e. The molecule has 4 N–H and O–H groups in total. The predicted molar refractivity (Wildman–Crippen MR) is 139 cm³/mol. The maximum absolute atomic E-state index is 12.6. The highest BCUT2D eigenvalue weighted by molar-refractivity contribution is 7.09. The Hall–Kier alpha value is -3.53. The zero-order chi connectivity index (χ0) is 27.5. The molecule has 15 heteroatoms. The van der Waals surface area contributed by atoms with Crippen LogP contribution in [-0.2, 0) is 11.3 Å². The van der Waals surface area contributed by atoms with E-state index in [1.807, 2.05) is 6.07 Å². The molecular formula is C24H28F3N7O4S. The van der Waals surface area contributed by atoms with E-state index in [0.29, 0.717) is 44.2 Å². The van der Waals surface area contributed by atoms with Gasteiger partial charge in [0, 0.05) is 25.8 Å². The fourth-order valence-electron chi connectivity index (χ4n) is 3.69. The van der Waals surface area contributed by atoms with E-state index in [0.717, 1.165) is 40.4 Å². The molecule has 0 atom stereocenters. The van der Waals surface area contributed by atoms with Crippen molar-refractivity contribution < 1.29 is 32.5 Å². The molecule has 0 aliphatic heterocycles. The van der Waals surface area contributed by atoms with Crippen molar-refractivity contribution in [3.63, 3.8) is 0 Å². The standard InChI is InChI=1S/C24H28F3N7O4S/c25-24(26,27)38-18-10-16(9-17(11-18)37-8-5-35)13-28-3-1-2-6-36-7-4-29-23-19-14-30-33-20(19)12-21(32-23)22-15-31-34-39-22/h9-12,14-15,28,35H,1-8,13H2,(H,29,32)(H,30,33). The molecule has 0 spiro atoms. The molecule has 3 heterocycles. The van der Waals surface area contributed by atoms with Crippen LogP contribution in [0, 0.1) is 0 Å². The second kappa shape index (κ2) is 14.0. The summed E-state index contributed by atoms with van der Waals surface area (Å²) in [5.41, 5.74) is 2.19. The summed E-state index contributed by atoms with van der Waals surface area (Å²) in [6.45, 7) is 2.33.